The van der Waals surface area contributed by atoms with Gasteiger partial charge in [0.1, 0.15) is 0 Å². The largest absolute Gasteiger partial charge is 0.399 e. The molecule has 0 saturated heterocycles. The van der Waals surface area contributed by atoms with Crippen LogP contribution in [0, 0.1) is 6.92 Å². The van der Waals surface area contributed by atoms with E-state index >= 15 is 0 Å². The van der Waals surface area contributed by atoms with Crippen molar-refractivity contribution in [2.45, 2.75) is 43.9 Å². The van der Waals surface area contributed by atoms with Crippen molar-refractivity contribution in [2.75, 3.05) is 12.0 Å². The number of hydrogen-bond acceptors (Lipinski definition) is 3. The van der Waals surface area contributed by atoms with Crippen LogP contribution in [0.1, 0.15) is 41.6 Å². The smallest absolute Gasteiger partial charge is 0.251 e. The number of hydrogen-bond donors (Lipinski definition) is 2. The molecule has 0 unspecified atom stereocenters. The van der Waals surface area contributed by atoms with Crippen LogP contribution in [-0.2, 0) is 0 Å². The molecular formula is C15H22N2OS. The van der Waals surface area contributed by atoms with Gasteiger partial charge in [-0.3, -0.25) is 4.79 Å². The van der Waals surface area contributed by atoms with E-state index in [1.807, 2.05) is 30.8 Å². The second-order valence-corrected chi connectivity index (χ2v) is 6.45. The molecule has 1 aliphatic rings. The lowest BCUT2D eigenvalue weighted by Gasteiger charge is -2.28. The van der Waals surface area contributed by atoms with E-state index in [9.17, 15) is 4.79 Å². The van der Waals surface area contributed by atoms with Crippen LogP contribution in [0.5, 0.6) is 0 Å². The van der Waals surface area contributed by atoms with Crippen molar-refractivity contribution in [1.82, 2.24) is 5.32 Å². The van der Waals surface area contributed by atoms with E-state index in [0.717, 1.165) is 23.7 Å². The summed E-state index contributed by atoms with van der Waals surface area (Å²) >= 11 is 1.94. The van der Waals surface area contributed by atoms with E-state index in [4.69, 9.17) is 5.73 Å². The summed E-state index contributed by atoms with van der Waals surface area (Å²) in [7, 11) is 0. The fourth-order valence-corrected chi connectivity index (χ4v) is 3.40. The Kier molecular flexibility index (Phi) is 4.75. The fourth-order valence-electron chi connectivity index (χ4n) is 2.66. The third-order valence-corrected chi connectivity index (χ3v) is 4.84. The van der Waals surface area contributed by atoms with Crippen LogP contribution in [0.4, 0.5) is 5.69 Å². The predicted molar refractivity (Wildman–Crippen MR) is 82.6 cm³/mol. The molecule has 0 aliphatic heterocycles. The Morgan fingerprint density at radius 3 is 2.53 bits per heavy atom. The second kappa shape index (κ2) is 6.33. The summed E-state index contributed by atoms with van der Waals surface area (Å²) < 4.78 is 0. The lowest BCUT2D eigenvalue weighted by molar-refractivity contribution is 0.0928. The molecule has 104 valence electrons. The summed E-state index contributed by atoms with van der Waals surface area (Å²) in [5.41, 5.74) is 8.13. The van der Waals surface area contributed by atoms with E-state index in [1.54, 1.807) is 6.07 Å². The number of benzene rings is 1. The van der Waals surface area contributed by atoms with Crippen molar-refractivity contribution in [1.29, 1.82) is 0 Å². The number of anilines is 1. The Bertz CT molecular complexity index is 433. The number of nitrogen functional groups attached to an aromatic ring is 1. The van der Waals surface area contributed by atoms with Gasteiger partial charge in [-0.1, -0.05) is 0 Å². The predicted octanol–water partition coefficient (Wildman–Crippen LogP) is 2.98. The molecule has 3 N–H and O–H groups in total. The SMILES string of the molecule is CSC1CCC(NC(=O)c2cc(C)cc(N)c2)CC1. The molecule has 19 heavy (non-hydrogen) atoms. The standard InChI is InChI=1S/C15H22N2OS/c1-10-7-11(9-12(16)8-10)15(18)17-13-3-5-14(19-2)6-4-13/h7-9,13-14H,3-6,16H2,1-2H3,(H,17,18). The van der Waals surface area contributed by atoms with Crippen LogP contribution in [0.25, 0.3) is 0 Å². The lowest BCUT2D eigenvalue weighted by Crippen LogP contribution is -2.38. The molecule has 1 aromatic carbocycles. The first kappa shape index (κ1) is 14.3. The minimum atomic E-state index is 0.00278. The molecule has 0 spiro atoms. The minimum Gasteiger partial charge on any atom is -0.399 e. The maximum atomic E-state index is 12.2. The molecule has 1 aliphatic carbocycles. The molecule has 0 heterocycles. The normalized spacial score (nSPS) is 23.1. The first-order valence-electron chi connectivity index (χ1n) is 6.79. The first-order chi connectivity index (χ1) is 9.08. The van der Waals surface area contributed by atoms with Crippen molar-refractivity contribution in [3.63, 3.8) is 0 Å². The molecule has 1 aromatic rings. The van der Waals surface area contributed by atoms with E-state index in [-0.39, 0.29) is 5.91 Å². The van der Waals surface area contributed by atoms with E-state index in [2.05, 4.69) is 11.6 Å². The highest BCUT2D eigenvalue weighted by atomic mass is 32.2. The Morgan fingerprint density at radius 2 is 1.95 bits per heavy atom. The topological polar surface area (TPSA) is 55.1 Å². The second-order valence-electron chi connectivity index (χ2n) is 5.32. The molecule has 2 rings (SSSR count). The van der Waals surface area contributed by atoms with E-state index in [1.165, 1.54) is 12.8 Å². The molecule has 3 nitrogen and oxygen atoms in total. The van der Waals surface area contributed by atoms with Crippen molar-refractivity contribution in [3.05, 3.63) is 29.3 Å². The van der Waals surface area contributed by atoms with Crippen LogP contribution in [0.2, 0.25) is 0 Å². The zero-order valence-corrected chi connectivity index (χ0v) is 12.4. The summed E-state index contributed by atoms with van der Waals surface area (Å²) in [6, 6.07) is 5.83. The lowest BCUT2D eigenvalue weighted by atomic mass is 9.94. The Balaban J connectivity index is 1.94. The van der Waals surface area contributed by atoms with Crippen molar-refractivity contribution in [2.24, 2.45) is 0 Å². The molecule has 0 bridgehead atoms. The Hall–Kier alpha value is -1.16. The summed E-state index contributed by atoms with van der Waals surface area (Å²) in [5, 5.41) is 3.90. The van der Waals surface area contributed by atoms with Gasteiger partial charge in [0.25, 0.3) is 5.91 Å². The number of amides is 1. The van der Waals surface area contributed by atoms with Crippen molar-refractivity contribution >= 4 is 23.4 Å². The average Bonchev–Trinajstić information content (AvgIpc) is 2.38. The number of thioether (sulfide) groups is 1. The average molecular weight is 278 g/mol. The van der Waals surface area contributed by atoms with Crippen LogP contribution in [-0.4, -0.2) is 23.5 Å². The van der Waals surface area contributed by atoms with Gasteiger partial charge < -0.3 is 11.1 Å². The molecule has 0 atom stereocenters. The third kappa shape index (κ3) is 3.90. The highest BCUT2D eigenvalue weighted by Gasteiger charge is 2.22. The quantitative estimate of drug-likeness (QED) is 0.836. The molecular weight excluding hydrogens is 256 g/mol. The van der Waals surface area contributed by atoms with Crippen molar-refractivity contribution in [3.8, 4) is 0 Å². The summed E-state index contributed by atoms with van der Waals surface area (Å²) in [6.07, 6.45) is 6.72. The fraction of sp³-hybridized carbons (Fsp3) is 0.533. The molecule has 1 fully saturated rings. The molecule has 0 aromatic heterocycles. The number of aryl methyl sites for hydroxylation is 1. The molecule has 0 radical (unpaired) electrons. The monoisotopic (exact) mass is 278 g/mol. The number of nitrogens with two attached hydrogens (primary N) is 1. The van der Waals surface area contributed by atoms with Gasteiger partial charge in [-0.2, -0.15) is 11.8 Å². The first-order valence-corrected chi connectivity index (χ1v) is 8.08. The van der Waals surface area contributed by atoms with Gasteiger partial charge >= 0.3 is 0 Å². The highest BCUT2D eigenvalue weighted by molar-refractivity contribution is 7.99. The van der Waals surface area contributed by atoms with Gasteiger partial charge in [-0.05, 0) is 62.6 Å². The van der Waals surface area contributed by atoms with Gasteiger partial charge in [-0.25, -0.2) is 0 Å². The van der Waals surface area contributed by atoms with Crippen LogP contribution in [0.3, 0.4) is 0 Å². The molecule has 4 heteroatoms. The van der Waals surface area contributed by atoms with Crippen LogP contribution < -0.4 is 11.1 Å². The summed E-state index contributed by atoms with van der Waals surface area (Å²) in [4.78, 5) is 12.2. The van der Waals surface area contributed by atoms with Gasteiger partial charge in [0, 0.05) is 22.5 Å². The zero-order valence-electron chi connectivity index (χ0n) is 11.6. The maximum absolute atomic E-state index is 12.2. The Labute approximate surface area is 119 Å². The van der Waals surface area contributed by atoms with Gasteiger partial charge in [0.15, 0.2) is 0 Å². The third-order valence-electron chi connectivity index (χ3n) is 3.70. The number of carbonyl (C=O) groups is 1. The van der Waals surface area contributed by atoms with Crippen LogP contribution in [0.15, 0.2) is 18.2 Å². The molecule has 1 saturated carbocycles. The number of rotatable bonds is 3. The van der Waals surface area contributed by atoms with Crippen LogP contribution >= 0.6 is 11.8 Å². The van der Waals surface area contributed by atoms with Gasteiger partial charge in [0.05, 0.1) is 0 Å². The summed E-state index contributed by atoms with van der Waals surface area (Å²) in [5.74, 6) is 0.00278. The highest BCUT2D eigenvalue weighted by Crippen LogP contribution is 2.27. The Morgan fingerprint density at radius 1 is 1.26 bits per heavy atom. The molecule has 1 amide bonds. The zero-order chi connectivity index (χ0) is 13.8. The van der Waals surface area contributed by atoms with Gasteiger partial charge in [-0.15, -0.1) is 0 Å². The van der Waals surface area contributed by atoms with Crippen molar-refractivity contribution < 1.29 is 4.79 Å². The minimum absolute atomic E-state index is 0.00278. The maximum Gasteiger partial charge on any atom is 0.251 e. The summed E-state index contributed by atoms with van der Waals surface area (Å²) in [6.45, 7) is 1.96. The van der Waals surface area contributed by atoms with E-state index < -0.39 is 0 Å². The number of nitrogens with one attached hydrogen (secondary N) is 1. The van der Waals surface area contributed by atoms with E-state index in [0.29, 0.717) is 17.3 Å². The van der Waals surface area contributed by atoms with Gasteiger partial charge in [0.2, 0.25) is 0 Å². The number of carbonyl (C=O) groups excluding carboxylic acids is 1.